The van der Waals surface area contributed by atoms with Crippen molar-refractivity contribution in [3.8, 4) is 0 Å². The first-order valence-corrected chi connectivity index (χ1v) is 10.7. The highest BCUT2D eigenvalue weighted by molar-refractivity contribution is 7.91. The molecule has 142 valence electrons. The lowest BCUT2D eigenvalue weighted by atomic mass is 10.0. The molecular formula is C18H25N3O4S. The van der Waals surface area contributed by atoms with Gasteiger partial charge in [-0.1, -0.05) is 32.0 Å². The summed E-state index contributed by atoms with van der Waals surface area (Å²) in [5, 5.41) is 2.82. The quantitative estimate of drug-likeness (QED) is 0.864. The van der Waals surface area contributed by atoms with Crippen molar-refractivity contribution in [1.29, 1.82) is 0 Å². The summed E-state index contributed by atoms with van der Waals surface area (Å²) >= 11 is 0. The molecule has 8 heteroatoms. The van der Waals surface area contributed by atoms with E-state index in [1.165, 1.54) is 0 Å². The Morgan fingerprint density at radius 2 is 1.65 bits per heavy atom. The predicted octanol–water partition coefficient (Wildman–Crippen LogP) is 1.57. The number of rotatable bonds is 3. The van der Waals surface area contributed by atoms with Gasteiger partial charge in [0.05, 0.1) is 23.6 Å². The third-order valence-corrected chi connectivity index (χ3v) is 6.56. The van der Waals surface area contributed by atoms with E-state index in [1.54, 1.807) is 21.9 Å². The normalized spacial score (nSPS) is 24.4. The molecule has 0 unspecified atom stereocenters. The highest BCUT2D eigenvalue weighted by Crippen LogP contribution is 2.28. The number of nitrogens with one attached hydrogen (secondary N) is 1. The number of para-hydroxylation sites is 1. The molecule has 0 spiro atoms. The summed E-state index contributed by atoms with van der Waals surface area (Å²) in [6, 6.07) is 7.79. The summed E-state index contributed by atoms with van der Waals surface area (Å²) < 4.78 is 24.4. The molecule has 3 rings (SSSR count). The molecule has 2 fully saturated rings. The fourth-order valence-corrected chi connectivity index (χ4v) is 5.68. The number of urea groups is 1. The Bertz CT molecular complexity index is 779. The van der Waals surface area contributed by atoms with Crippen molar-refractivity contribution < 1.29 is 18.0 Å². The first-order chi connectivity index (χ1) is 12.3. The Balaban J connectivity index is 1.78. The maximum atomic E-state index is 12.7. The van der Waals surface area contributed by atoms with E-state index in [9.17, 15) is 18.0 Å². The van der Waals surface area contributed by atoms with Crippen molar-refractivity contribution in [3.63, 3.8) is 0 Å². The van der Waals surface area contributed by atoms with E-state index in [1.807, 2.05) is 32.0 Å². The second-order valence-corrected chi connectivity index (χ2v) is 9.54. The molecule has 0 bridgehead atoms. The topological polar surface area (TPSA) is 86.8 Å². The molecule has 2 atom stereocenters. The second-order valence-electron chi connectivity index (χ2n) is 7.39. The van der Waals surface area contributed by atoms with Gasteiger partial charge >= 0.3 is 6.03 Å². The van der Waals surface area contributed by atoms with Crippen LogP contribution in [0.25, 0.3) is 0 Å². The molecule has 0 aromatic heterocycles. The number of hydrogen-bond acceptors (Lipinski definition) is 4. The van der Waals surface area contributed by atoms with Crippen LogP contribution in [0, 0.1) is 5.92 Å². The summed E-state index contributed by atoms with van der Waals surface area (Å²) in [6.45, 7) is 4.62. The minimum Gasteiger partial charge on any atom is -0.335 e. The number of carbonyl (C=O) groups is 2. The summed E-state index contributed by atoms with van der Waals surface area (Å²) in [7, 11) is -3.28. The molecule has 0 saturated carbocycles. The van der Waals surface area contributed by atoms with E-state index < -0.39 is 21.9 Å². The number of hydrogen-bond donors (Lipinski definition) is 1. The van der Waals surface area contributed by atoms with Gasteiger partial charge in [-0.05, 0) is 18.1 Å². The fourth-order valence-electron chi connectivity index (χ4n) is 3.70. The Kier molecular flexibility index (Phi) is 5.22. The van der Waals surface area contributed by atoms with Crippen LogP contribution in [-0.4, -0.2) is 66.8 Å². The Hall–Kier alpha value is -2.09. The fraction of sp³-hybridized carbons (Fsp3) is 0.556. The van der Waals surface area contributed by atoms with E-state index in [4.69, 9.17) is 0 Å². The van der Waals surface area contributed by atoms with Crippen molar-refractivity contribution in [2.24, 2.45) is 5.92 Å². The second kappa shape index (κ2) is 7.26. The summed E-state index contributed by atoms with van der Waals surface area (Å²) in [6.07, 6.45) is 0.388. The minimum absolute atomic E-state index is 0.0322. The van der Waals surface area contributed by atoms with Crippen molar-refractivity contribution in [3.05, 3.63) is 30.3 Å². The SMILES string of the molecule is CC(C)CC(=O)N1CCN(C(=O)Nc2ccccc2)[C@H]2CS(=O)(=O)C[C@H]21. The van der Waals surface area contributed by atoms with Crippen LogP contribution in [0.1, 0.15) is 20.3 Å². The number of fused-ring (bicyclic) bond motifs is 1. The van der Waals surface area contributed by atoms with Crippen LogP contribution in [0.3, 0.4) is 0 Å². The van der Waals surface area contributed by atoms with Crippen molar-refractivity contribution in [1.82, 2.24) is 9.80 Å². The molecule has 1 N–H and O–H groups in total. The number of amides is 3. The lowest BCUT2D eigenvalue weighted by Gasteiger charge is -2.44. The van der Waals surface area contributed by atoms with Gasteiger partial charge in [0.1, 0.15) is 0 Å². The number of piperazine rings is 1. The lowest BCUT2D eigenvalue weighted by Crippen LogP contribution is -2.62. The molecule has 2 aliphatic rings. The van der Waals surface area contributed by atoms with E-state index in [0.717, 1.165) is 0 Å². The van der Waals surface area contributed by atoms with Gasteiger partial charge in [-0.25, -0.2) is 13.2 Å². The monoisotopic (exact) mass is 379 g/mol. The molecule has 26 heavy (non-hydrogen) atoms. The van der Waals surface area contributed by atoms with Gasteiger partial charge < -0.3 is 15.1 Å². The molecular weight excluding hydrogens is 354 g/mol. The third-order valence-electron chi connectivity index (χ3n) is 4.87. The van der Waals surface area contributed by atoms with Crippen LogP contribution in [0.15, 0.2) is 30.3 Å². The van der Waals surface area contributed by atoms with E-state index >= 15 is 0 Å². The number of benzene rings is 1. The van der Waals surface area contributed by atoms with E-state index in [-0.39, 0.29) is 29.4 Å². The number of anilines is 1. The van der Waals surface area contributed by atoms with Gasteiger partial charge in [-0.3, -0.25) is 4.79 Å². The van der Waals surface area contributed by atoms with Crippen LogP contribution in [0.4, 0.5) is 10.5 Å². The lowest BCUT2D eigenvalue weighted by molar-refractivity contribution is -0.136. The molecule has 0 aliphatic carbocycles. The maximum Gasteiger partial charge on any atom is 0.322 e. The maximum absolute atomic E-state index is 12.7. The zero-order valence-corrected chi connectivity index (χ0v) is 15.9. The molecule has 3 amide bonds. The summed E-state index contributed by atoms with van der Waals surface area (Å²) in [5.41, 5.74) is 0.660. The van der Waals surface area contributed by atoms with Gasteiger partial charge in [-0.2, -0.15) is 0 Å². The predicted molar refractivity (Wildman–Crippen MR) is 99.6 cm³/mol. The Morgan fingerprint density at radius 3 is 2.27 bits per heavy atom. The highest BCUT2D eigenvalue weighted by atomic mass is 32.2. The first kappa shape index (κ1) is 18.7. The van der Waals surface area contributed by atoms with Gasteiger partial charge in [0.2, 0.25) is 5.91 Å². The smallest absolute Gasteiger partial charge is 0.322 e. The van der Waals surface area contributed by atoms with Crippen LogP contribution in [-0.2, 0) is 14.6 Å². The number of carbonyl (C=O) groups excluding carboxylic acids is 2. The zero-order valence-electron chi connectivity index (χ0n) is 15.1. The van der Waals surface area contributed by atoms with Crippen LogP contribution in [0.5, 0.6) is 0 Å². The van der Waals surface area contributed by atoms with Crippen LogP contribution < -0.4 is 5.32 Å². The van der Waals surface area contributed by atoms with Gasteiger partial charge in [0.25, 0.3) is 0 Å². The van der Waals surface area contributed by atoms with Crippen molar-refractivity contribution in [2.75, 3.05) is 29.9 Å². The standard InChI is InChI=1S/C18H25N3O4S/c1-13(2)10-17(22)20-8-9-21(16-12-26(24,25)11-15(16)20)18(23)19-14-6-4-3-5-7-14/h3-7,13,15-16H,8-12H2,1-2H3,(H,19,23)/t15-,16+/m1/s1. The van der Waals surface area contributed by atoms with E-state index in [0.29, 0.717) is 25.2 Å². The van der Waals surface area contributed by atoms with Gasteiger partial charge in [0.15, 0.2) is 9.84 Å². The molecule has 2 heterocycles. The summed E-state index contributed by atoms with van der Waals surface area (Å²) in [5.74, 6) is 0.00989. The van der Waals surface area contributed by atoms with E-state index in [2.05, 4.69) is 5.32 Å². The molecule has 1 aromatic rings. The molecule has 1 aromatic carbocycles. The van der Waals surface area contributed by atoms with Crippen molar-refractivity contribution >= 4 is 27.5 Å². The average Bonchev–Trinajstić information content (AvgIpc) is 2.88. The van der Waals surface area contributed by atoms with Crippen LogP contribution >= 0.6 is 0 Å². The van der Waals surface area contributed by atoms with Crippen molar-refractivity contribution in [2.45, 2.75) is 32.4 Å². The molecule has 2 aliphatic heterocycles. The largest absolute Gasteiger partial charge is 0.335 e. The molecule has 0 radical (unpaired) electrons. The Morgan fingerprint density at radius 1 is 1.08 bits per heavy atom. The minimum atomic E-state index is -3.28. The number of nitrogens with zero attached hydrogens (tertiary/aromatic N) is 2. The molecule has 7 nitrogen and oxygen atoms in total. The van der Waals surface area contributed by atoms with Gasteiger partial charge in [-0.15, -0.1) is 0 Å². The first-order valence-electron chi connectivity index (χ1n) is 8.89. The zero-order chi connectivity index (χ0) is 18.9. The highest BCUT2D eigenvalue weighted by Gasteiger charge is 2.49. The van der Waals surface area contributed by atoms with Gasteiger partial charge in [0, 0.05) is 25.2 Å². The molecule has 2 saturated heterocycles. The average molecular weight is 379 g/mol. The third kappa shape index (κ3) is 4.00. The number of sulfone groups is 1. The summed E-state index contributed by atoms with van der Waals surface area (Å²) in [4.78, 5) is 28.5. The Labute approximate surface area is 154 Å². The van der Waals surface area contributed by atoms with Crippen LogP contribution in [0.2, 0.25) is 0 Å².